The van der Waals surface area contributed by atoms with E-state index in [2.05, 4.69) is 10.6 Å². The lowest BCUT2D eigenvalue weighted by molar-refractivity contribution is -0.135. The molecule has 0 spiro atoms. The predicted molar refractivity (Wildman–Crippen MR) is 191 cm³/mol. The van der Waals surface area contributed by atoms with Crippen molar-refractivity contribution in [3.63, 3.8) is 0 Å². The molecule has 2 amide bonds. The standard InChI is InChI=1S/C38H55BN4O6/c1-24(2)19-28(37(46)42-32(15-9-10-18-40)36(45)35-27-16-17-29(35)30(22-27)39(48)49)23-34(44)33(21-26-13-7-4-8-14-26)43-38(47)31(41)20-25-11-5-3-6-12-25/h3-8,11-14,24,27-33,35,48-49H,9-10,15-23,40-41H2,1-2H3,(H,42,46)(H,43,47)/t27-,28+,29+,30?,31-,32-,33-,35?/m1/s1. The summed E-state index contributed by atoms with van der Waals surface area (Å²) < 4.78 is 0. The number of hydrogen-bond acceptors (Lipinski definition) is 8. The Labute approximate surface area is 291 Å². The van der Waals surface area contributed by atoms with Crippen LogP contribution in [0.15, 0.2) is 60.7 Å². The van der Waals surface area contributed by atoms with Gasteiger partial charge in [-0.2, -0.15) is 0 Å². The summed E-state index contributed by atoms with van der Waals surface area (Å²) in [7, 11) is -1.46. The van der Waals surface area contributed by atoms with E-state index in [1.165, 1.54) is 0 Å². The second kappa shape index (κ2) is 18.6. The van der Waals surface area contributed by atoms with Crippen molar-refractivity contribution in [2.24, 2.45) is 41.1 Å². The highest BCUT2D eigenvalue weighted by atomic mass is 16.4. The van der Waals surface area contributed by atoms with E-state index >= 15 is 0 Å². The number of rotatable bonds is 20. The third kappa shape index (κ3) is 10.8. The van der Waals surface area contributed by atoms with Crippen LogP contribution < -0.4 is 22.1 Å². The molecule has 266 valence electrons. The fraction of sp³-hybridized carbons (Fsp3) is 0.579. The first-order chi connectivity index (χ1) is 23.5. The minimum absolute atomic E-state index is 0.0581. The van der Waals surface area contributed by atoms with Crippen LogP contribution in [-0.2, 0) is 32.0 Å². The van der Waals surface area contributed by atoms with Gasteiger partial charge in [0.05, 0.1) is 18.1 Å². The van der Waals surface area contributed by atoms with E-state index in [1.807, 2.05) is 74.5 Å². The molecule has 8 N–H and O–H groups in total. The van der Waals surface area contributed by atoms with Gasteiger partial charge >= 0.3 is 7.12 Å². The van der Waals surface area contributed by atoms with Crippen molar-refractivity contribution in [2.75, 3.05) is 6.54 Å². The molecule has 0 radical (unpaired) electrons. The number of nitrogens with one attached hydrogen (secondary N) is 2. The fourth-order valence-electron chi connectivity index (χ4n) is 8.04. The number of nitrogens with two attached hydrogens (primary N) is 2. The van der Waals surface area contributed by atoms with Crippen molar-refractivity contribution in [3.8, 4) is 0 Å². The maximum absolute atomic E-state index is 14.1. The third-order valence-electron chi connectivity index (χ3n) is 10.5. The highest BCUT2D eigenvalue weighted by Gasteiger charge is 2.55. The Bertz CT molecular complexity index is 1380. The zero-order valence-electron chi connectivity index (χ0n) is 29.0. The number of Topliss-reactive ketones (excluding diaryl/α,β-unsaturated/α-hetero) is 2. The van der Waals surface area contributed by atoms with Gasteiger partial charge in [0.2, 0.25) is 11.8 Å². The van der Waals surface area contributed by atoms with E-state index in [9.17, 15) is 29.2 Å². The normalized spacial score (nSPS) is 22.3. The maximum Gasteiger partial charge on any atom is 0.455 e. The largest absolute Gasteiger partial charge is 0.455 e. The fourth-order valence-corrected chi connectivity index (χ4v) is 8.04. The second-order valence-electron chi connectivity index (χ2n) is 14.6. The van der Waals surface area contributed by atoms with Gasteiger partial charge in [-0.3, -0.25) is 19.2 Å². The zero-order valence-corrected chi connectivity index (χ0v) is 29.0. The van der Waals surface area contributed by atoms with Gasteiger partial charge in [-0.15, -0.1) is 0 Å². The number of carbonyl (C=O) groups is 4. The van der Waals surface area contributed by atoms with Gasteiger partial charge in [0.1, 0.15) is 0 Å². The van der Waals surface area contributed by atoms with E-state index in [-0.39, 0.29) is 59.8 Å². The summed E-state index contributed by atoms with van der Waals surface area (Å²) in [4.78, 5) is 55.4. The summed E-state index contributed by atoms with van der Waals surface area (Å²) in [5.74, 6) is -2.46. The molecule has 4 rings (SSSR count). The van der Waals surface area contributed by atoms with Crippen LogP contribution >= 0.6 is 0 Å². The molecule has 2 aliphatic carbocycles. The van der Waals surface area contributed by atoms with Gasteiger partial charge in [-0.1, -0.05) is 74.5 Å². The SMILES string of the molecule is CC(C)C[C@@H](CC(=O)[C@@H](Cc1ccccc1)NC(=O)[C@H](N)Cc1ccccc1)C(=O)N[C@H](CCCCN)C(=O)C1[C@@H]2CC[C@H]1C(B(O)O)C2. The van der Waals surface area contributed by atoms with Crippen LogP contribution in [0.4, 0.5) is 0 Å². The van der Waals surface area contributed by atoms with Gasteiger partial charge in [-0.25, -0.2) is 0 Å². The topological polar surface area (TPSA) is 185 Å². The van der Waals surface area contributed by atoms with Crippen molar-refractivity contribution in [3.05, 3.63) is 71.8 Å². The summed E-state index contributed by atoms with van der Waals surface area (Å²) >= 11 is 0. The number of hydrogen-bond donors (Lipinski definition) is 6. The highest BCUT2D eigenvalue weighted by Crippen LogP contribution is 2.56. The van der Waals surface area contributed by atoms with Crippen LogP contribution in [0, 0.1) is 29.6 Å². The highest BCUT2D eigenvalue weighted by molar-refractivity contribution is 6.43. The van der Waals surface area contributed by atoms with E-state index in [1.54, 1.807) is 0 Å². The summed E-state index contributed by atoms with van der Waals surface area (Å²) in [5.41, 5.74) is 13.8. The van der Waals surface area contributed by atoms with Gasteiger partial charge in [0, 0.05) is 18.3 Å². The molecular weight excluding hydrogens is 619 g/mol. The minimum Gasteiger partial charge on any atom is -0.427 e. The number of benzene rings is 2. The lowest BCUT2D eigenvalue weighted by atomic mass is 9.64. The molecular formula is C38H55BN4O6. The van der Waals surface area contributed by atoms with Crippen molar-refractivity contribution in [2.45, 2.75) is 102 Å². The van der Waals surface area contributed by atoms with Crippen LogP contribution in [0.25, 0.3) is 0 Å². The monoisotopic (exact) mass is 674 g/mol. The predicted octanol–water partition coefficient (Wildman–Crippen LogP) is 2.98. The first-order valence-electron chi connectivity index (χ1n) is 18.0. The number of unbranched alkanes of at least 4 members (excludes halogenated alkanes) is 1. The smallest absolute Gasteiger partial charge is 0.427 e. The Kier molecular flexibility index (Phi) is 14.6. The quantitative estimate of drug-likeness (QED) is 0.0915. The van der Waals surface area contributed by atoms with Crippen LogP contribution in [0.1, 0.15) is 76.3 Å². The Morgan fingerprint density at radius 3 is 2.04 bits per heavy atom. The minimum atomic E-state index is -1.46. The molecule has 2 fully saturated rings. The molecule has 8 atom stereocenters. The molecule has 2 bridgehead atoms. The van der Waals surface area contributed by atoms with E-state index in [0.717, 1.165) is 24.0 Å². The first kappa shape index (κ1) is 38.4. The molecule has 49 heavy (non-hydrogen) atoms. The van der Waals surface area contributed by atoms with Crippen molar-refractivity contribution in [1.82, 2.24) is 10.6 Å². The average molecular weight is 675 g/mol. The Hall–Kier alpha value is -3.38. The summed E-state index contributed by atoms with van der Waals surface area (Å²) in [6, 6.07) is 16.4. The van der Waals surface area contributed by atoms with Crippen LogP contribution in [0.3, 0.4) is 0 Å². The molecule has 2 aromatic rings. The molecule has 2 aromatic carbocycles. The molecule has 2 saturated carbocycles. The van der Waals surface area contributed by atoms with Crippen LogP contribution in [-0.4, -0.2) is 65.2 Å². The number of amides is 2. The van der Waals surface area contributed by atoms with Gasteiger partial charge in [0.25, 0.3) is 0 Å². The van der Waals surface area contributed by atoms with Crippen molar-refractivity contribution >= 4 is 30.5 Å². The van der Waals surface area contributed by atoms with Crippen molar-refractivity contribution < 1.29 is 29.2 Å². The van der Waals surface area contributed by atoms with Crippen LogP contribution in [0.2, 0.25) is 5.82 Å². The summed E-state index contributed by atoms with van der Waals surface area (Å²) in [6.07, 6.45) is 4.90. The molecule has 2 unspecified atom stereocenters. The van der Waals surface area contributed by atoms with Gasteiger partial charge < -0.3 is 32.1 Å². The third-order valence-corrected chi connectivity index (χ3v) is 10.5. The summed E-state index contributed by atoms with van der Waals surface area (Å²) in [5, 5.41) is 25.8. The Balaban J connectivity index is 1.50. The lowest BCUT2D eigenvalue weighted by Crippen LogP contribution is -2.51. The number of carbonyl (C=O) groups excluding carboxylic acids is 4. The van der Waals surface area contributed by atoms with E-state index in [0.29, 0.717) is 45.1 Å². The van der Waals surface area contributed by atoms with Crippen LogP contribution in [0.5, 0.6) is 0 Å². The maximum atomic E-state index is 14.1. The Morgan fingerprint density at radius 2 is 1.47 bits per heavy atom. The van der Waals surface area contributed by atoms with E-state index in [4.69, 9.17) is 11.5 Å². The Morgan fingerprint density at radius 1 is 0.857 bits per heavy atom. The number of ketones is 2. The molecule has 0 aromatic heterocycles. The molecule has 11 heteroatoms. The average Bonchev–Trinajstić information content (AvgIpc) is 3.66. The van der Waals surface area contributed by atoms with Gasteiger partial charge in [0.15, 0.2) is 11.6 Å². The first-order valence-corrected chi connectivity index (χ1v) is 18.0. The lowest BCUT2D eigenvalue weighted by Gasteiger charge is -2.28. The molecule has 0 aliphatic heterocycles. The molecule has 2 aliphatic rings. The number of fused-ring (bicyclic) bond motifs is 2. The summed E-state index contributed by atoms with van der Waals surface area (Å²) in [6.45, 7) is 4.43. The molecule has 10 nitrogen and oxygen atoms in total. The molecule has 0 heterocycles. The second-order valence-corrected chi connectivity index (χ2v) is 14.6. The van der Waals surface area contributed by atoms with Gasteiger partial charge in [-0.05, 0) is 99.0 Å². The van der Waals surface area contributed by atoms with Crippen molar-refractivity contribution in [1.29, 1.82) is 0 Å². The van der Waals surface area contributed by atoms with E-state index < -0.39 is 37.1 Å². The zero-order chi connectivity index (χ0) is 35.5. The molecule has 0 saturated heterocycles.